The first-order valence-electron chi connectivity index (χ1n) is 2.63. The number of hydrogen-bond acceptors (Lipinski definition) is 3. The van der Waals surface area contributed by atoms with Crippen LogP contribution in [0.3, 0.4) is 0 Å². The van der Waals surface area contributed by atoms with Crippen molar-refractivity contribution in [3.05, 3.63) is 0 Å². The van der Waals surface area contributed by atoms with Gasteiger partial charge in [0.2, 0.25) is 0 Å². The van der Waals surface area contributed by atoms with Gasteiger partial charge in [0.1, 0.15) is 0 Å². The number of hydrogen-bond donors (Lipinski definition) is 0. The van der Waals surface area contributed by atoms with Crippen LogP contribution in [0.25, 0.3) is 0 Å². The van der Waals surface area contributed by atoms with Crippen molar-refractivity contribution in [3.8, 4) is 0 Å². The summed E-state index contributed by atoms with van der Waals surface area (Å²) in [7, 11) is 0. The van der Waals surface area contributed by atoms with Gasteiger partial charge in [0.15, 0.2) is 0 Å². The van der Waals surface area contributed by atoms with Crippen LogP contribution in [0.2, 0.25) is 0 Å². The fourth-order valence-electron chi connectivity index (χ4n) is 0.764. The van der Waals surface area contributed by atoms with Crippen molar-refractivity contribution in [2.45, 2.75) is 18.9 Å². The minimum absolute atomic E-state index is 0. The first kappa shape index (κ1) is 9.43. The molecule has 1 fully saturated rings. The molecule has 0 aliphatic carbocycles. The quantitative estimate of drug-likeness (QED) is 0.346. The van der Waals surface area contributed by atoms with E-state index in [1.807, 2.05) is 0 Å². The smallest absolute Gasteiger partial charge is 0.547 e. The Morgan fingerprint density at radius 2 is 2.33 bits per heavy atom. The monoisotopic (exact) mass is 138 g/mol. The van der Waals surface area contributed by atoms with Crippen molar-refractivity contribution in [1.29, 1.82) is 0 Å². The molecule has 0 aromatic heterocycles. The number of rotatable bonds is 1. The maximum absolute atomic E-state index is 9.97. The third-order valence-corrected chi connectivity index (χ3v) is 1.19. The maximum Gasteiger partial charge on any atom is 1.00 e. The van der Waals surface area contributed by atoms with Gasteiger partial charge in [-0.3, -0.25) is 0 Å². The fraction of sp³-hybridized carbons (Fsp3) is 0.800. The normalized spacial score (nSPS) is 25.1. The van der Waals surface area contributed by atoms with E-state index >= 15 is 0 Å². The Labute approximate surface area is 75.7 Å². The number of ether oxygens (including phenoxy) is 1. The number of aliphatic carboxylic acids is 1. The van der Waals surface area contributed by atoms with Crippen molar-refractivity contribution in [3.63, 3.8) is 0 Å². The van der Waals surface area contributed by atoms with Crippen molar-refractivity contribution >= 4 is 5.97 Å². The molecule has 0 unspecified atom stereocenters. The van der Waals surface area contributed by atoms with Gasteiger partial charge in [-0.2, -0.15) is 0 Å². The summed E-state index contributed by atoms with van der Waals surface area (Å²) in [5.74, 6) is -1.08. The summed E-state index contributed by atoms with van der Waals surface area (Å²) >= 11 is 0. The molecule has 0 aromatic carbocycles. The Kier molecular flexibility index (Phi) is 4.48. The van der Waals surface area contributed by atoms with E-state index in [-0.39, 0.29) is 29.6 Å². The molecule has 3 nitrogen and oxygen atoms in total. The first-order valence-corrected chi connectivity index (χ1v) is 2.63. The zero-order chi connectivity index (χ0) is 5.98. The number of carbonyl (C=O) groups excluding carboxylic acids is 1. The molecule has 0 spiro atoms. The Morgan fingerprint density at radius 3 is 2.56 bits per heavy atom. The Morgan fingerprint density at radius 1 is 1.67 bits per heavy atom. The molecule has 1 saturated heterocycles. The second-order valence-corrected chi connectivity index (χ2v) is 1.82. The SMILES string of the molecule is O=C([O-])[C@H]1CCCO1.[Na+]. The molecular formula is C5H7NaO3. The molecule has 0 saturated carbocycles. The van der Waals surface area contributed by atoms with Crippen LogP contribution in [0.15, 0.2) is 0 Å². The van der Waals surface area contributed by atoms with E-state index in [4.69, 9.17) is 4.74 Å². The predicted octanol–water partition coefficient (Wildman–Crippen LogP) is -4.08. The van der Waals surface area contributed by atoms with Gasteiger partial charge in [0.25, 0.3) is 0 Å². The minimum Gasteiger partial charge on any atom is -0.547 e. The second-order valence-electron chi connectivity index (χ2n) is 1.82. The van der Waals surface area contributed by atoms with Crippen LogP contribution in [0.5, 0.6) is 0 Å². The van der Waals surface area contributed by atoms with Gasteiger partial charge in [-0.15, -0.1) is 0 Å². The molecule has 0 radical (unpaired) electrons. The fourth-order valence-corrected chi connectivity index (χ4v) is 0.764. The standard InChI is InChI=1S/C5H8O3.Na/c6-5(7)4-2-1-3-8-4;/h4H,1-3H2,(H,6,7);/q;+1/p-1/t4-;/m1./s1. The van der Waals surface area contributed by atoms with E-state index in [1.54, 1.807) is 0 Å². The zero-order valence-corrected chi connectivity index (χ0v) is 7.42. The van der Waals surface area contributed by atoms with Crippen LogP contribution < -0.4 is 34.7 Å². The van der Waals surface area contributed by atoms with E-state index in [2.05, 4.69) is 0 Å². The molecule has 0 aromatic rings. The molecule has 1 heterocycles. The van der Waals surface area contributed by atoms with Crippen LogP contribution >= 0.6 is 0 Å². The molecule has 1 rings (SSSR count). The van der Waals surface area contributed by atoms with E-state index < -0.39 is 12.1 Å². The summed E-state index contributed by atoms with van der Waals surface area (Å²) in [5, 5.41) is 9.97. The Balaban J connectivity index is 0.000000640. The van der Waals surface area contributed by atoms with Crippen molar-refractivity contribution in [2.75, 3.05) is 6.61 Å². The molecule has 0 amide bonds. The van der Waals surface area contributed by atoms with Crippen molar-refractivity contribution in [1.82, 2.24) is 0 Å². The van der Waals surface area contributed by atoms with Gasteiger partial charge < -0.3 is 14.6 Å². The average molecular weight is 138 g/mol. The molecule has 4 heteroatoms. The van der Waals surface area contributed by atoms with Crippen LogP contribution in [-0.4, -0.2) is 18.7 Å². The van der Waals surface area contributed by atoms with Crippen LogP contribution in [0.1, 0.15) is 12.8 Å². The Bertz CT molecular complexity index is 98.4. The largest absolute Gasteiger partial charge is 1.00 e. The van der Waals surface area contributed by atoms with E-state index in [9.17, 15) is 9.90 Å². The van der Waals surface area contributed by atoms with Gasteiger partial charge >= 0.3 is 29.6 Å². The van der Waals surface area contributed by atoms with Gasteiger partial charge in [0.05, 0.1) is 12.1 Å². The topological polar surface area (TPSA) is 49.4 Å². The molecule has 9 heavy (non-hydrogen) atoms. The molecule has 46 valence electrons. The van der Waals surface area contributed by atoms with Crippen LogP contribution in [0, 0.1) is 0 Å². The van der Waals surface area contributed by atoms with Crippen LogP contribution in [-0.2, 0) is 9.53 Å². The first-order chi connectivity index (χ1) is 3.80. The number of carboxylic acid groups (broad SMARTS) is 1. The minimum atomic E-state index is -1.08. The summed E-state index contributed by atoms with van der Waals surface area (Å²) in [6.07, 6.45) is 0.830. The maximum atomic E-state index is 9.97. The summed E-state index contributed by atoms with van der Waals surface area (Å²) in [5.41, 5.74) is 0. The molecule has 1 aliphatic rings. The van der Waals surface area contributed by atoms with Crippen molar-refractivity contribution in [2.24, 2.45) is 0 Å². The molecule has 0 N–H and O–H groups in total. The van der Waals surface area contributed by atoms with Gasteiger partial charge in [-0.25, -0.2) is 0 Å². The average Bonchev–Trinajstić information content (AvgIpc) is 2.12. The van der Waals surface area contributed by atoms with Crippen LogP contribution in [0.4, 0.5) is 0 Å². The predicted molar refractivity (Wildman–Crippen MR) is 24.0 cm³/mol. The Hall–Kier alpha value is 0.430. The second kappa shape index (κ2) is 4.28. The summed E-state index contributed by atoms with van der Waals surface area (Å²) < 4.78 is 4.75. The summed E-state index contributed by atoms with van der Waals surface area (Å²) in [6.45, 7) is 0.568. The number of carbonyl (C=O) groups is 1. The van der Waals surface area contributed by atoms with E-state index in [0.29, 0.717) is 13.0 Å². The van der Waals surface area contributed by atoms with Crippen molar-refractivity contribution < 1.29 is 44.2 Å². The third kappa shape index (κ3) is 2.67. The molecule has 1 atom stereocenters. The van der Waals surface area contributed by atoms with Gasteiger partial charge in [0, 0.05) is 6.61 Å². The third-order valence-electron chi connectivity index (χ3n) is 1.19. The van der Waals surface area contributed by atoms with E-state index in [0.717, 1.165) is 6.42 Å². The van der Waals surface area contributed by atoms with Gasteiger partial charge in [-0.05, 0) is 12.8 Å². The van der Waals surface area contributed by atoms with E-state index in [1.165, 1.54) is 0 Å². The molecule has 1 aliphatic heterocycles. The summed E-state index contributed by atoms with van der Waals surface area (Å²) in [6, 6.07) is 0. The zero-order valence-electron chi connectivity index (χ0n) is 5.42. The van der Waals surface area contributed by atoms with Gasteiger partial charge in [-0.1, -0.05) is 0 Å². The molecule has 0 bridgehead atoms. The number of carboxylic acids is 1. The molecular weight excluding hydrogens is 131 g/mol. The summed E-state index contributed by atoms with van der Waals surface area (Å²) in [4.78, 5) is 9.97.